The van der Waals surface area contributed by atoms with Gasteiger partial charge in [0.15, 0.2) is 0 Å². The summed E-state index contributed by atoms with van der Waals surface area (Å²) in [7, 11) is 0. The molecule has 1 amide bonds. The standard InChI is InChI=1S/C20H30N2O2/c1-15(21-14-16-8-6-5-7-9-16)17-10-12-18(13-11-17)22-19(23)24-20(2,3)4/h5-6,10-13,15-16,21H,7-9,14H2,1-4H3,(H,22,23). The van der Waals surface area contributed by atoms with Crippen LogP contribution in [0.2, 0.25) is 0 Å². The van der Waals surface area contributed by atoms with Gasteiger partial charge in [-0.1, -0.05) is 24.3 Å². The van der Waals surface area contributed by atoms with E-state index in [0.29, 0.717) is 6.04 Å². The van der Waals surface area contributed by atoms with Gasteiger partial charge in [0.2, 0.25) is 0 Å². The van der Waals surface area contributed by atoms with Crippen molar-refractivity contribution in [2.75, 3.05) is 11.9 Å². The second-order valence-corrected chi connectivity index (χ2v) is 7.53. The Morgan fingerprint density at radius 3 is 2.54 bits per heavy atom. The van der Waals surface area contributed by atoms with E-state index in [1.54, 1.807) is 0 Å². The number of anilines is 1. The van der Waals surface area contributed by atoms with Crippen molar-refractivity contribution >= 4 is 11.8 Å². The lowest BCUT2D eigenvalue weighted by atomic mass is 9.94. The van der Waals surface area contributed by atoms with E-state index >= 15 is 0 Å². The van der Waals surface area contributed by atoms with Crippen LogP contribution in [0.1, 0.15) is 58.6 Å². The highest BCUT2D eigenvalue weighted by Crippen LogP contribution is 2.20. The maximum absolute atomic E-state index is 11.8. The quantitative estimate of drug-likeness (QED) is 0.744. The third-order valence-corrected chi connectivity index (χ3v) is 4.15. The summed E-state index contributed by atoms with van der Waals surface area (Å²) in [6, 6.07) is 8.23. The van der Waals surface area contributed by atoms with Crippen LogP contribution in [0.4, 0.5) is 10.5 Å². The number of rotatable bonds is 5. The third-order valence-electron chi connectivity index (χ3n) is 4.15. The number of hydrogen-bond acceptors (Lipinski definition) is 3. The molecule has 4 heteroatoms. The van der Waals surface area contributed by atoms with Gasteiger partial charge in [-0.3, -0.25) is 5.32 Å². The van der Waals surface area contributed by atoms with E-state index in [2.05, 4.69) is 29.7 Å². The molecule has 0 fully saturated rings. The van der Waals surface area contributed by atoms with Gasteiger partial charge in [0.05, 0.1) is 0 Å². The first kappa shape index (κ1) is 18.5. The second kappa shape index (κ2) is 8.34. The molecule has 24 heavy (non-hydrogen) atoms. The number of hydrogen-bond donors (Lipinski definition) is 2. The Balaban J connectivity index is 1.82. The van der Waals surface area contributed by atoms with E-state index in [1.165, 1.54) is 24.8 Å². The SMILES string of the molecule is CC(NCC1CC=CCC1)c1ccc(NC(=O)OC(C)(C)C)cc1. The summed E-state index contributed by atoms with van der Waals surface area (Å²) in [6.07, 6.45) is 7.79. The summed E-state index contributed by atoms with van der Waals surface area (Å²) in [5, 5.41) is 6.37. The maximum Gasteiger partial charge on any atom is 0.412 e. The molecule has 2 unspecified atom stereocenters. The molecule has 1 aromatic rings. The molecule has 132 valence electrons. The molecular weight excluding hydrogens is 300 g/mol. The summed E-state index contributed by atoms with van der Waals surface area (Å²) in [5.74, 6) is 0.741. The van der Waals surface area contributed by atoms with Gasteiger partial charge in [0, 0.05) is 11.7 Å². The molecule has 0 heterocycles. The monoisotopic (exact) mass is 330 g/mol. The van der Waals surface area contributed by atoms with Crippen LogP contribution in [-0.4, -0.2) is 18.2 Å². The molecule has 4 nitrogen and oxygen atoms in total. The fourth-order valence-electron chi connectivity index (χ4n) is 2.78. The van der Waals surface area contributed by atoms with Gasteiger partial charge in [-0.15, -0.1) is 0 Å². The summed E-state index contributed by atoms with van der Waals surface area (Å²) >= 11 is 0. The van der Waals surface area contributed by atoms with Crippen LogP contribution < -0.4 is 10.6 Å². The zero-order valence-corrected chi connectivity index (χ0v) is 15.3. The molecule has 2 rings (SSSR count). The van der Waals surface area contributed by atoms with Crippen molar-refractivity contribution in [3.05, 3.63) is 42.0 Å². The molecule has 0 bridgehead atoms. The van der Waals surface area contributed by atoms with E-state index in [-0.39, 0.29) is 0 Å². The van der Waals surface area contributed by atoms with Crippen LogP contribution in [0.3, 0.4) is 0 Å². The molecule has 1 aromatic carbocycles. The van der Waals surface area contributed by atoms with Gasteiger partial charge in [0.25, 0.3) is 0 Å². The highest BCUT2D eigenvalue weighted by molar-refractivity contribution is 5.84. The van der Waals surface area contributed by atoms with Gasteiger partial charge < -0.3 is 10.1 Å². The van der Waals surface area contributed by atoms with Gasteiger partial charge in [-0.25, -0.2) is 4.79 Å². The smallest absolute Gasteiger partial charge is 0.412 e. The van der Waals surface area contributed by atoms with Crippen molar-refractivity contribution in [2.24, 2.45) is 5.92 Å². The van der Waals surface area contributed by atoms with Crippen molar-refractivity contribution < 1.29 is 9.53 Å². The van der Waals surface area contributed by atoms with Crippen LogP contribution in [0, 0.1) is 5.92 Å². The minimum absolute atomic E-state index is 0.298. The average molecular weight is 330 g/mol. The van der Waals surface area contributed by atoms with Crippen LogP contribution in [0.25, 0.3) is 0 Å². The first-order valence-corrected chi connectivity index (χ1v) is 8.82. The van der Waals surface area contributed by atoms with Gasteiger partial charge in [0.1, 0.15) is 5.60 Å². The molecule has 2 atom stereocenters. The maximum atomic E-state index is 11.8. The summed E-state index contributed by atoms with van der Waals surface area (Å²) in [6.45, 7) is 8.78. The number of amides is 1. The fraction of sp³-hybridized carbons (Fsp3) is 0.550. The Bertz CT molecular complexity index is 558. The topological polar surface area (TPSA) is 50.4 Å². The molecule has 0 spiro atoms. The second-order valence-electron chi connectivity index (χ2n) is 7.53. The molecule has 0 aromatic heterocycles. The van der Waals surface area contributed by atoms with E-state index < -0.39 is 11.7 Å². The molecule has 1 aliphatic carbocycles. The van der Waals surface area contributed by atoms with Gasteiger partial charge in [-0.2, -0.15) is 0 Å². The number of benzene rings is 1. The van der Waals surface area contributed by atoms with Gasteiger partial charge in [-0.05, 0) is 77.1 Å². The van der Waals surface area contributed by atoms with Crippen molar-refractivity contribution in [1.82, 2.24) is 5.32 Å². The van der Waals surface area contributed by atoms with Crippen molar-refractivity contribution in [2.45, 2.75) is 58.6 Å². The lowest BCUT2D eigenvalue weighted by Crippen LogP contribution is -2.27. The molecule has 2 N–H and O–H groups in total. The minimum Gasteiger partial charge on any atom is -0.444 e. The Kier molecular flexibility index (Phi) is 6.44. The van der Waals surface area contributed by atoms with Crippen LogP contribution in [0.15, 0.2) is 36.4 Å². The Morgan fingerprint density at radius 1 is 1.25 bits per heavy atom. The first-order chi connectivity index (χ1) is 11.3. The van der Waals surface area contributed by atoms with Crippen LogP contribution in [-0.2, 0) is 4.74 Å². The Hall–Kier alpha value is -1.81. The molecule has 0 radical (unpaired) electrons. The minimum atomic E-state index is -0.489. The van der Waals surface area contributed by atoms with E-state index in [4.69, 9.17) is 4.74 Å². The Labute approximate surface area is 145 Å². The largest absolute Gasteiger partial charge is 0.444 e. The summed E-state index contributed by atoms with van der Waals surface area (Å²) < 4.78 is 5.26. The molecule has 0 aliphatic heterocycles. The molecule has 1 aliphatic rings. The fourth-order valence-corrected chi connectivity index (χ4v) is 2.78. The van der Waals surface area contributed by atoms with Crippen molar-refractivity contribution in [1.29, 1.82) is 0 Å². The number of nitrogens with one attached hydrogen (secondary N) is 2. The highest BCUT2D eigenvalue weighted by Gasteiger charge is 2.16. The van der Waals surface area contributed by atoms with E-state index in [0.717, 1.165) is 18.2 Å². The van der Waals surface area contributed by atoms with E-state index in [9.17, 15) is 4.79 Å². The van der Waals surface area contributed by atoms with Crippen LogP contribution >= 0.6 is 0 Å². The zero-order valence-electron chi connectivity index (χ0n) is 15.3. The lowest BCUT2D eigenvalue weighted by Gasteiger charge is -2.22. The van der Waals surface area contributed by atoms with E-state index in [1.807, 2.05) is 45.0 Å². The zero-order chi connectivity index (χ0) is 17.6. The normalized spacial score (nSPS) is 18.9. The number of carbonyl (C=O) groups is 1. The van der Waals surface area contributed by atoms with Crippen molar-refractivity contribution in [3.8, 4) is 0 Å². The Morgan fingerprint density at radius 2 is 1.96 bits per heavy atom. The van der Waals surface area contributed by atoms with Gasteiger partial charge >= 0.3 is 6.09 Å². The summed E-state index contributed by atoms with van der Waals surface area (Å²) in [5.41, 5.74) is 1.48. The average Bonchev–Trinajstić information content (AvgIpc) is 2.52. The highest BCUT2D eigenvalue weighted by atomic mass is 16.6. The number of carbonyl (C=O) groups excluding carboxylic acids is 1. The van der Waals surface area contributed by atoms with Crippen LogP contribution in [0.5, 0.6) is 0 Å². The first-order valence-electron chi connectivity index (χ1n) is 8.82. The lowest BCUT2D eigenvalue weighted by molar-refractivity contribution is 0.0636. The third kappa shape index (κ3) is 6.36. The number of ether oxygens (including phenoxy) is 1. The molecular formula is C20H30N2O2. The predicted octanol–water partition coefficient (Wildman–Crippen LogP) is 5.04. The van der Waals surface area contributed by atoms with Crippen molar-refractivity contribution in [3.63, 3.8) is 0 Å². The predicted molar refractivity (Wildman–Crippen MR) is 99.2 cm³/mol. The molecule has 0 saturated heterocycles. The number of allylic oxidation sites excluding steroid dienone is 2. The molecule has 0 saturated carbocycles. The summed E-state index contributed by atoms with van der Waals surface area (Å²) in [4.78, 5) is 11.8.